The zero-order valence-electron chi connectivity index (χ0n) is 13.3. The molecule has 0 saturated carbocycles. The molecule has 1 heterocycles. The summed E-state index contributed by atoms with van der Waals surface area (Å²) in [5, 5.41) is 0. The number of sulfonamides is 1. The highest BCUT2D eigenvalue weighted by atomic mass is 32.2. The van der Waals surface area contributed by atoms with Gasteiger partial charge in [-0.15, -0.1) is 0 Å². The third kappa shape index (κ3) is 3.24. The molecule has 1 aliphatic rings. The fraction of sp³-hybridized carbons (Fsp3) is 0.625. The van der Waals surface area contributed by atoms with Crippen molar-refractivity contribution >= 4 is 10.0 Å². The van der Waals surface area contributed by atoms with Crippen LogP contribution in [0.25, 0.3) is 0 Å². The Kier molecular flexibility index (Phi) is 4.94. The number of aryl methyl sites for hydroxylation is 2. The van der Waals surface area contributed by atoms with E-state index in [0.29, 0.717) is 23.8 Å². The second-order valence-electron chi connectivity index (χ2n) is 5.78. The van der Waals surface area contributed by atoms with Crippen molar-refractivity contribution < 1.29 is 13.2 Å². The number of hydrogen-bond donors (Lipinski definition) is 0. The van der Waals surface area contributed by atoms with Crippen LogP contribution in [0.3, 0.4) is 0 Å². The second-order valence-corrected chi connectivity index (χ2v) is 7.64. The predicted molar refractivity (Wildman–Crippen MR) is 84.3 cm³/mol. The largest absolute Gasteiger partial charge is 0.492 e. The summed E-state index contributed by atoms with van der Waals surface area (Å²) in [6.07, 6.45) is 2.95. The van der Waals surface area contributed by atoms with Gasteiger partial charge in [-0.25, -0.2) is 8.42 Å². The number of rotatable bonds is 4. The van der Waals surface area contributed by atoms with Crippen molar-refractivity contribution in [1.29, 1.82) is 0 Å². The molecule has 1 aliphatic heterocycles. The van der Waals surface area contributed by atoms with Gasteiger partial charge in [-0.05, 0) is 63.8 Å². The Morgan fingerprint density at radius 2 is 1.90 bits per heavy atom. The fourth-order valence-electron chi connectivity index (χ4n) is 2.79. The first-order chi connectivity index (χ1) is 9.87. The van der Waals surface area contributed by atoms with E-state index in [1.165, 1.54) is 0 Å². The van der Waals surface area contributed by atoms with Crippen molar-refractivity contribution in [3.63, 3.8) is 0 Å². The van der Waals surface area contributed by atoms with Gasteiger partial charge >= 0.3 is 0 Å². The van der Waals surface area contributed by atoms with Crippen molar-refractivity contribution in [3.05, 3.63) is 23.3 Å². The number of piperidine rings is 1. The first-order valence-corrected chi connectivity index (χ1v) is 9.07. The van der Waals surface area contributed by atoms with Crippen molar-refractivity contribution in [2.45, 2.75) is 57.9 Å². The number of nitrogens with zero attached hydrogens (tertiary/aromatic N) is 1. The molecule has 0 unspecified atom stereocenters. The Morgan fingerprint density at radius 3 is 2.52 bits per heavy atom. The Bertz CT molecular complexity index is 610. The van der Waals surface area contributed by atoms with Gasteiger partial charge in [0.2, 0.25) is 10.0 Å². The third-order valence-corrected chi connectivity index (χ3v) is 6.22. The van der Waals surface area contributed by atoms with E-state index in [0.717, 1.165) is 30.4 Å². The maximum atomic E-state index is 13.0. The van der Waals surface area contributed by atoms with Gasteiger partial charge in [-0.3, -0.25) is 0 Å². The molecule has 0 amide bonds. The first kappa shape index (κ1) is 16.3. The minimum absolute atomic E-state index is 0.0554. The number of hydrogen-bond acceptors (Lipinski definition) is 3. The Morgan fingerprint density at radius 1 is 1.24 bits per heavy atom. The Balaban J connectivity index is 2.50. The zero-order valence-corrected chi connectivity index (χ0v) is 14.2. The van der Waals surface area contributed by atoms with Crippen molar-refractivity contribution in [2.75, 3.05) is 13.2 Å². The van der Waals surface area contributed by atoms with E-state index in [9.17, 15) is 8.42 Å². The molecule has 0 N–H and O–H groups in total. The standard InChI is InChI=1S/C16H25NO3S/c1-5-20-15-10-12(2)13(3)11-16(15)21(18,19)17-9-7-6-8-14(17)4/h10-11,14H,5-9H2,1-4H3/t14-/m1/s1. The molecule has 118 valence electrons. The summed E-state index contributed by atoms with van der Waals surface area (Å²) >= 11 is 0. The molecule has 1 fully saturated rings. The Hall–Kier alpha value is -1.07. The zero-order chi connectivity index (χ0) is 15.6. The van der Waals surface area contributed by atoms with Crippen LogP contribution in [-0.2, 0) is 10.0 Å². The molecule has 1 aromatic rings. The van der Waals surface area contributed by atoms with Gasteiger partial charge in [0.1, 0.15) is 10.6 Å². The average Bonchev–Trinajstić information content (AvgIpc) is 2.43. The molecule has 1 aromatic carbocycles. The highest BCUT2D eigenvalue weighted by molar-refractivity contribution is 7.89. The lowest BCUT2D eigenvalue weighted by Gasteiger charge is -2.32. The summed E-state index contributed by atoms with van der Waals surface area (Å²) in [5.41, 5.74) is 2.02. The van der Waals surface area contributed by atoms with Crippen LogP contribution in [0.5, 0.6) is 5.75 Å². The molecule has 1 atom stereocenters. The number of benzene rings is 1. The summed E-state index contributed by atoms with van der Waals surface area (Å²) < 4.78 is 33.2. The third-order valence-electron chi connectivity index (χ3n) is 4.19. The summed E-state index contributed by atoms with van der Waals surface area (Å²) in [6, 6.07) is 3.64. The molecular weight excluding hydrogens is 286 g/mol. The van der Waals surface area contributed by atoms with Crippen LogP contribution < -0.4 is 4.74 Å². The molecule has 21 heavy (non-hydrogen) atoms. The monoisotopic (exact) mass is 311 g/mol. The van der Waals surface area contributed by atoms with Crippen molar-refractivity contribution in [3.8, 4) is 5.75 Å². The van der Waals surface area contributed by atoms with Gasteiger partial charge in [0.25, 0.3) is 0 Å². The maximum absolute atomic E-state index is 13.0. The summed E-state index contributed by atoms with van der Waals surface area (Å²) in [6.45, 7) is 8.82. The van der Waals surface area contributed by atoms with Crippen LogP contribution >= 0.6 is 0 Å². The minimum Gasteiger partial charge on any atom is -0.492 e. The molecular formula is C16H25NO3S. The van der Waals surface area contributed by atoms with Gasteiger partial charge in [0.05, 0.1) is 6.61 Å². The van der Waals surface area contributed by atoms with E-state index < -0.39 is 10.0 Å². The molecule has 4 nitrogen and oxygen atoms in total. The van der Waals surface area contributed by atoms with E-state index in [-0.39, 0.29) is 6.04 Å². The van der Waals surface area contributed by atoms with Crippen molar-refractivity contribution in [2.24, 2.45) is 0 Å². The first-order valence-electron chi connectivity index (χ1n) is 7.63. The smallest absolute Gasteiger partial charge is 0.247 e. The highest BCUT2D eigenvalue weighted by Gasteiger charge is 2.33. The molecule has 1 saturated heterocycles. The summed E-state index contributed by atoms with van der Waals surface area (Å²) in [4.78, 5) is 0.307. The number of ether oxygens (including phenoxy) is 1. The lowest BCUT2D eigenvalue weighted by atomic mass is 10.1. The molecule has 0 radical (unpaired) electrons. The van der Waals surface area contributed by atoms with Crippen LogP contribution in [-0.4, -0.2) is 31.9 Å². The summed E-state index contributed by atoms with van der Waals surface area (Å²) in [5.74, 6) is 0.471. The van der Waals surface area contributed by atoms with Gasteiger partial charge in [-0.2, -0.15) is 4.31 Å². The van der Waals surface area contributed by atoms with E-state index in [1.54, 1.807) is 10.4 Å². The van der Waals surface area contributed by atoms with Crippen molar-refractivity contribution in [1.82, 2.24) is 4.31 Å². The van der Waals surface area contributed by atoms with Crippen LogP contribution in [0, 0.1) is 13.8 Å². The Labute approximate surface area is 128 Å². The van der Waals surface area contributed by atoms with E-state index >= 15 is 0 Å². The lowest BCUT2D eigenvalue weighted by molar-refractivity contribution is 0.266. The normalized spacial score (nSPS) is 20.5. The summed E-state index contributed by atoms with van der Waals surface area (Å²) in [7, 11) is -3.49. The highest BCUT2D eigenvalue weighted by Crippen LogP contribution is 2.33. The SMILES string of the molecule is CCOc1cc(C)c(C)cc1S(=O)(=O)N1CCCC[C@H]1C. The second kappa shape index (κ2) is 6.36. The molecule has 0 bridgehead atoms. The molecule has 0 aromatic heterocycles. The van der Waals surface area contributed by atoms with Crippen LogP contribution in [0.2, 0.25) is 0 Å². The van der Waals surface area contributed by atoms with Crippen LogP contribution in [0.4, 0.5) is 0 Å². The van der Waals surface area contributed by atoms with E-state index in [2.05, 4.69) is 0 Å². The quantitative estimate of drug-likeness (QED) is 0.857. The van der Waals surface area contributed by atoms with Gasteiger partial charge < -0.3 is 4.74 Å². The van der Waals surface area contributed by atoms with E-state index in [1.807, 2.05) is 33.8 Å². The maximum Gasteiger partial charge on any atom is 0.247 e. The van der Waals surface area contributed by atoms with Crippen LogP contribution in [0.1, 0.15) is 44.2 Å². The average molecular weight is 311 g/mol. The minimum atomic E-state index is -3.49. The molecule has 5 heteroatoms. The van der Waals surface area contributed by atoms with Gasteiger partial charge in [0, 0.05) is 12.6 Å². The topological polar surface area (TPSA) is 46.6 Å². The van der Waals surface area contributed by atoms with Crippen LogP contribution in [0.15, 0.2) is 17.0 Å². The van der Waals surface area contributed by atoms with E-state index in [4.69, 9.17) is 4.74 Å². The lowest BCUT2D eigenvalue weighted by Crippen LogP contribution is -2.42. The van der Waals surface area contributed by atoms with Gasteiger partial charge in [-0.1, -0.05) is 6.42 Å². The van der Waals surface area contributed by atoms with Gasteiger partial charge in [0.15, 0.2) is 0 Å². The molecule has 0 spiro atoms. The predicted octanol–water partition coefficient (Wildman–Crippen LogP) is 3.27. The fourth-order valence-corrected chi connectivity index (χ4v) is 4.69. The molecule has 2 rings (SSSR count). The molecule has 0 aliphatic carbocycles.